The summed E-state index contributed by atoms with van der Waals surface area (Å²) in [7, 11) is 3.66. The van der Waals surface area contributed by atoms with Gasteiger partial charge in [-0.05, 0) is 28.3 Å². The smallest absolute Gasteiger partial charge is 0.0774 e. The average molecular weight is 318 g/mol. The minimum absolute atomic E-state index is 0.0135. The summed E-state index contributed by atoms with van der Waals surface area (Å²) < 4.78 is 8.49. The fourth-order valence-corrected chi connectivity index (χ4v) is 2.90. The van der Waals surface area contributed by atoms with Crippen LogP contribution in [0.4, 0.5) is 0 Å². The molecule has 1 rings (SSSR count). The lowest BCUT2D eigenvalue weighted by atomic mass is 9.83. The Hall–Kier alpha value is -0.390. The van der Waals surface area contributed by atoms with E-state index in [-0.39, 0.29) is 17.6 Å². The molecular formula is C13H24BrN3O. The highest BCUT2D eigenvalue weighted by Gasteiger charge is 2.31. The lowest BCUT2D eigenvalue weighted by Crippen LogP contribution is -2.46. The van der Waals surface area contributed by atoms with Crippen LogP contribution in [0.25, 0.3) is 0 Å². The second-order valence-corrected chi connectivity index (χ2v) is 6.65. The predicted octanol–water partition coefficient (Wildman–Crippen LogP) is 2.42. The van der Waals surface area contributed by atoms with Crippen LogP contribution >= 0.6 is 15.9 Å². The standard InChI is InChI=1S/C13H24BrN3O/c1-8-11(14)10(17(5)16-8)7-9(15)12(18-6)13(2,3)4/h9,12H,7,15H2,1-6H3. The lowest BCUT2D eigenvalue weighted by molar-refractivity contribution is -0.00204. The van der Waals surface area contributed by atoms with E-state index < -0.39 is 0 Å². The molecule has 0 bridgehead atoms. The van der Waals surface area contributed by atoms with Crippen molar-refractivity contribution in [2.24, 2.45) is 18.2 Å². The van der Waals surface area contributed by atoms with Crippen molar-refractivity contribution in [3.05, 3.63) is 15.9 Å². The molecule has 0 aliphatic carbocycles. The van der Waals surface area contributed by atoms with Crippen LogP contribution < -0.4 is 5.73 Å². The van der Waals surface area contributed by atoms with Crippen LogP contribution in [-0.2, 0) is 18.2 Å². The molecule has 2 N–H and O–H groups in total. The Morgan fingerprint density at radius 3 is 2.33 bits per heavy atom. The van der Waals surface area contributed by atoms with Crippen LogP contribution in [0.15, 0.2) is 4.47 Å². The Balaban J connectivity index is 2.90. The quantitative estimate of drug-likeness (QED) is 0.927. The fourth-order valence-electron chi connectivity index (χ4n) is 2.40. The normalized spacial score (nSPS) is 15.8. The molecule has 2 unspecified atom stereocenters. The van der Waals surface area contributed by atoms with Gasteiger partial charge in [0.2, 0.25) is 0 Å². The molecule has 0 amide bonds. The van der Waals surface area contributed by atoms with Gasteiger partial charge in [-0.25, -0.2) is 0 Å². The molecule has 1 aromatic heterocycles. The number of aryl methyl sites for hydroxylation is 2. The SMILES string of the molecule is COC(C(N)Cc1c(Br)c(C)nn1C)C(C)(C)C. The number of nitrogens with zero attached hydrogens (tertiary/aromatic N) is 2. The van der Waals surface area contributed by atoms with Crippen molar-refractivity contribution in [2.45, 2.75) is 46.3 Å². The number of hydrogen-bond acceptors (Lipinski definition) is 3. The summed E-state index contributed by atoms with van der Waals surface area (Å²) in [5.74, 6) is 0. The van der Waals surface area contributed by atoms with Gasteiger partial charge < -0.3 is 10.5 Å². The van der Waals surface area contributed by atoms with Crippen LogP contribution in [0, 0.1) is 12.3 Å². The van der Waals surface area contributed by atoms with Crippen molar-refractivity contribution < 1.29 is 4.74 Å². The van der Waals surface area contributed by atoms with Gasteiger partial charge in [-0.3, -0.25) is 4.68 Å². The molecule has 0 saturated carbocycles. The zero-order valence-corrected chi connectivity index (χ0v) is 13.7. The topological polar surface area (TPSA) is 53.1 Å². The van der Waals surface area contributed by atoms with Gasteiger partial charge >= 0.3 is 0 Å². The summed E-state index contributed by atoms with van der Waals surface area (Å²) in [6.45, 7) is 8.41. The molecular weight excluding hydrogens is 294 g/mol. The van der Waals surface area contributed by atoms with E-state index in [0.29, 0.717) is 0 Å². The Morgan fingerprint density at radius 1 is 1.44 bits per heavy atom. The maximum atomic E-state index is 6.31. The van der Waals surface area contributed by atoms with Crippen molar-refractivity contribution >= 4 is 15.9 Å². The molecule has 0 aliphatic heterocycles. The van der Waals surface area contributed by atoms with Gasteiger partial charge in [0.05, 0.1) is 22.0 Å². The number of hydrogen-bond donors (Lipinski definition) is 1. The summed E-state index contributed by atoms with van der Waals surface area (Å²) in [5, 5.41) is 4.38. The molecule has 1 heterocycles. The number of halogens is 1. The lowest BCUT2D eigenvalue weighted by Gasteiger charge is -2.34. The van der Waals surface area contributed by atoms with Gasteiger partial charge in [0.1, 0.15) is 0 Å². The van der Waals surface area contributed by atoms with E-state index >= 15 is 0 Å². The zero-order valence-electron chi connectivity index (χ0n) is 12.1. The third-order valence-corrected chi connectivity index (χ3v) is 4.22. The highest BCUT2D eigenvalue weighted by Crippen LogP contribution is 2.27. The third-order valence-electron chi connectivity index (χ3n) is 3.19. The first kappa shape index (κ1) is 15.7. The summed E-state index contributed by atoms with van der Waals surface area (Å²) in [4.78, 5) is 0. The molecule has 0 saturated heterocycles. The molecule has 18 heavy (non-hydrogen) atoms. The fraction of sp³-hybridized carbons (Fsp3) is 0.769. The number of nitrogens with two attached hydrogens (primary N) is 1. The van der Waals surface area contributed by atoms with Crippen LogP contribution in [-0.4, -0.2) is 29.0 Å². The third kappa shape index (κ3) is 3.33. The average Bonchev–Trinajstić information content (AvgIpc) is 2.44. The van der Waals surface area contributed by atoms with Gasteiger partial charge in [-0.2, -0.15) is 5.10 Å². The molecule has 0 fully saturated rings. The Morgan fingerprint density at radius 2 is 2.00 bits per heavy atom. The Labute approximate surface area is 118 Å². The molecule has 0 spiro atoms. The van der Waals surface area contributed by atoms with Gasteiger partial charge in [0, 0.05) is 26.6 Å². The van der Waals surface area contributed by atoms with Crippen molar-refractivity contribution in [1.29, 1.82) is 0 Å². The van der Waals surface area contributed by atoms with Crippen molar-refractivity contribution in [1.82, 2.24) is 9.78 Å². The van der Waals surface area contributed by atoms with Gasteiger partial charge in [-0.1, -0.05) is 20.8 Å². The zero-order chi connectivity index (χ0) is 14.1. The van der Waals surface area contributed by atoms with Gasteiger partial charge in [0.25, 0.3) is 0 Å². The minimum atomic E-state index is -0.0545. The van der Waals surface area contributed by atoms with Crippen molar-refractivity contribution in [3.63, 3.8) is 0 Å². The Kier molecular flexibility index (Phi) is 4.98. The van der Waals surface area contributed by atoms with Crippen molar-refractivity contribution in [2.75, 3.05) is 7.11 Å². The molecule has 1 aromatic rings. The molecule has 5 heteroatoms. The van der Waals surface area contributed by atoms with Crippen LogP contribution in [0.2, 0.25) is 0 Å². The number of methoxy groups -OCH3 is 1. The van der Waals surface area contributed by atoms with Crippen LogP contribution in [0.5, 0.6) is 0 Å². The van der Waals surface area contributed by atoms with E-state index in [0.717, 1.165) is 22.3 Å². The maximum absolute atomic E-state index is 6.31. The number of ether oxygens (including phenoxy) is 1. The molecule has 0 aromatic carbocycles. The Bertz CT molecular complexity index is 409. The molecule has 4 nitrogen and oxygen atoms in total. The highest BCUT2D eigenvalue weighted by atomic mass is 79.9. The second kappa shape index (κ2) is 5.72. The predicted molar refractivity (Wildman–Crippen MR) is 77.6 cm³/mol. The highest BCUT2D eigenvalue weighted by molar-refractivity contribution is 9.10. The molecule has 2 atom stereocenters. The number of aromatic nitrogens is 2. The van der Waals surface area contributed by atoms with Gasteiger partial charge in [0.15, 0.2) is 0 Å². The molecule has 104 valence electrons. The van der Waals surface area contributed by atoms with Crippen LogP contribution in [0.1, 0.15) is 32.2 Å². The molecule has 0 aliphatic rings. The second-order valence-electron chi connectivity index (χ2n) is 5.86. The first-order chi connectivity index (χ1) is 8.18. The summed E-state index contributed by atoms with van der Waals surface area (Å²) in [6.07, 6.45) is 0.757. The summed E-state index contributed by atoms with van der Waals surface area (Å²) >= 11 is 3.57. The van der Waals surface area contributed by atoms with E-state index in [2.05, 4.69) is 41.8 Å². The summed E-state index contributed by atoms with van der Waals surface area (Å²) in [6, 6.07) is -0.0545. The number of rotatable bonds is 4. The van der Waals surface area contributed by atoms with E-state index in [1.165, 1.54) is 0 Å². The maximum Gasteiger partial charge on any atom is 0.0774 e. The largest absolute Gasteiger partial charge is 0.379 e. The van der Waals surface area contributed by atoms with Crippen molar-refractivity contribution in [3.8, 4) is 0 Å². The van der Waals surface area contributed by atoms with E-state index in [9.17, 15) is 0 Å². The first-order valence-corrected chi connectivity index (χ1v) is 6.94. The van der Waals surface area contributed by atoms with E-state index in [1.54, 1.807) is 7.11 Å². The first-order valence-electron chi connectivity index (χ1n) is 6.14. The molecule has 0 radical (unpaired) electrons. The van der Waals surface area contributed by atoms with E-state index in [1.807, 2.05) is 18.7 Å². The van der Waals surface area contributed by atoms with E-state index in [4.69, 9.17) is 10.5 Å². The summed E-state index contributed by atoms with van der Waals surface area (Å²) in [5.41, 5.74) is 8.44. The monoisotopic (exact) mass is 317 g/mol. The van der Waals surface area contributed by atoms with Gasteiger partial charge in [-0.15, -0.1) is 0 Å². The van der Waals surface area contributed by atoms with Crippen LogP contribution in [0.3, 0.4) is 0 Å². The minimum Gasteiger partial charge on any atom is -0.379 e.